The van der Waals surface area contributed by atoms with Crippen LogP contribution in [0.1, 0.15) is 24.4 Å². The summed E-state index contributed by atoms with van der Waals surface area (Å²) in [5.41, 5.74) is 1.02. The predicted molar refractivity (Wildman–Crippen MR) is 80.9 cm³/mol. The van der Waals surface area contributed by atoms with E-state index in [1.54, 1.807) is 23.9 Å². The zero-order valence-electron chi connectivity index (χ0n) is 11.1. The lowest BCUT2D eigenvalue weighted by Gasteiger charge is -2.14. The van der Waals surface area contributed by atoms with Gasteiger partial charge in [0.1, 0.15) is 11.9 Å². The summed E-state index contributed by atoms with van der Waals surface area (Å²) < 4.78 is 7.49. The van der Waals surface area contributed by atoms with Crippen molar-refractivity contribution in [1.29, 1.82) is 0 Å². The topological polar surface area (TPSA) is 44.1 Å². The summed E-state index contributed by atoms with van der Waals surface area (Å²) in [4.78, 5) is 15.9. The van der Waals surface area contributed by atoms with Crippen LogP contribution in [0, 0.1) is 0 Å². The highest BCUT2D eigenvalue weighted by Gasteiger charge is 2.18. The normalized spacial score (nSPS) is 12.2. The molecule has 106 valence electrons. The van der Waals surface area contributed by atoms with E-state index in [-0.39, 0.29) is 5.97 Å². The zero-order chi connectivity index (χ0) is 14.7. The van der Waals surface area contributed by atoms with E-state index in [9.17, 15) is 4.79 Å². The highest BCUT2D eigenvalue weighted by Crippen LogP contribution is 2.22. The Morgan fingerprint density at radius 3 is 2.90 bits per heavy atom. The summed E-state index contributed by atoms with van der Waals surface area (Å²) in [6.07, 6.45) is 4.04. The van der Waals surface area contributed by atoms with Crippen LogP contribution in [0.2, 0.25) is 5.02 Å². The number of carbonyl (C=O) groups excluding carboxylic acids is 1. The summed E-state index contributed by atoms with van der Waals surface area (Å²) in [6, 6.07) is 5.29. The van der Waals surface area contributed by atoms with Crippen LogP contribution in [-0.2, 0) is 16.0 Å². The number of benzene rings is 1. The van der Waals surface area contributed by atoms with Crippen molar-refractivity contribution in [2.24, 2.45) is 0 Å². The van der Waals surface area contributed by atoms with Gasteiger partial charge in [-0.15, -0.1) is 0 Å². The van der Waals surface area contributed by atoms with Crippen LogP contribution in [0.25, 0.3) is 0 Å². The molecular weight excluding hydrogens is 344 g/mol. The van der Waals surface area contributed by atoms with E-state index in [2.05, 4.69) is 20.9 Å². The monoisotopic (exact) mass is 356 g/mol. The van der Waals surface area contributed by atoms with Gasteiger partial charge in [0.05, 0.1) is 7.11 Å². The standard InChI is InChI=1S/C14H14BrClN2O2/c1-9(14(19)20-2)18-4-3-17-13(18)7-10-5-11(15)8-12(16)6-10/h3-6,8-9H,7H2,1-2H3. The molecule has 0 radical (unpaired) electrons. The summed E-state index contributed by atoms with van der Waals surface area (Å²) in [5, 5.41) is 0.661. The number of nitrogens with zero attached hydrogens (tertiary/aromatic N) is 2. The Hall–Kier alpha value is -1.33. The fourth-order valence-electron chi connectivity index (χ4n) is 2.01. The average molecular weight is 358 g/mol. The molecule has 1 atom stereocenters. The van der Waals surface area contributed by atoms with Crippen LogP contribution in [0.15, 0.2) is 35.1 Å². The largest absolute Gasteiger partial charge is 0.467 e. The smallest absolute Gasteiger partial charge is 0.328 e. The molecule has 2 aromatic rings. The van der Waals surface area contributed by atoms with E-state index in [1.807, 2.05) is 18.2 Å². The maximum absolute atomic E-state index is 11.6. The van der Waals surface area contributed by atoms with Crippen molar-refractivity contribution in [1.82, 2.24) is 9.55 Å². The van der Waals surface area contributed by atoms with E-state index in [0.29, 0.717) is 11.4 Å². The van der Waals surface area contributed by atoms with Crippen molar-refractivity contribution in [3.8, 4) is 0 Å². The number of halogens is 2. The fourth-order valence-corrected chi connectivity index (χ4v) is 2.94. The van der Waals surface area contributed by atoms with Gasteiger partial charge >= 0.3 is 5.97 Å². The molecule has 0 saturated heterocycles. The number of imidazole rings is 1. The van der Waals surface area contributed by atoms with Gasteiger partial charge in [-0.25, -0.2) is 9.78 Å². The molecule has 0 bridgehead atoms. The quantitative estimate of drug-likeness (QED) is 0.785. The lowest BCUT2D eigenvalue weighted by Crippen LogP contribution is -2.19. The third kappa shape index (κ3) is 3.41. The Morgan fingerprint density at radius 1 is 1.50 bits per heavy atom. The summed E-state index contributed by atoms with van der Waals surface area (Å²) >= 11 is 9.45. The van der Waals surface area contributed by atoms with Gasteiger partial charge in [0, 0.05) is 28.3 Å². The minimum absolute atomic E-state index is 0.295. The molecule has 6 heteroatoms. The first-order valence-electron chi connectivity index (χ1n) is 6.05. The molecule has 1 unspecified atom stereocenters. The molecule has 0 aliphatic rings. The van der Waals surface area contributed by atoms with Crippen molar-refractivity contribution in [2.45, 2.75) is 19.4 Å². The molecule has 0 amide bonds. The van der Waals surface area contributed by atoms with Gasteiger partial charge in [-0.05, 0) is 30.7 Å². The number of carbonyl (C=O) groups is 1. The van der Waals surface area contributed by atoms with Gasteiger partial charge in [0.25, 0.3) is 0 Å². The SMILES string of the molecule is COC(=O)C(C)n1ccnc1Cc1cc(Cl)cc(Br)c1. The highest BCUT2D eigenvalue weighted by atomic mass is 79.9. The maximum Gasteiger partial charge on any atom is 0.328 e. The molecular formula is C14H14BrClN2O2. The predicted octanol–water partition coefficient (Wildman–Crippen LogP) is 3.62. The fraction of sp³-hybridized carbons (Fsp3) is 0.286. The van der Waals surface area contributed by atoms with Crippen LogP contribution < -0.4 is 0 Å². The van der Waals surface area contributed by atoms with Gasteiger partial charge in [-0.1, -0.05) is 27.5 Å². The average Bonchev–Trinajstić information content (AvgIpc) is 2.83. The Kier molecular flexibility index (Phi) is 4.83. The number of methoxy groups -OCH3 is 1. The number of hydrogen-bond acceptors (Lipinski definition) is 3. The molecule has 2 rings (SSSR count). The Morgan fingerprint density at radius 2 is 2.25 bits per heavy atom. The number of esters is 1. The number of ether oxygens (including phenoxy) is 1. The summed E-state index contributed by atoms with van der Waals surface area (Å²) in [5.74, 6) is 0.494. The van der Waals surface area contributed by atoms with E-state index in [4.69, 9.17) is 16.3 Å². The molecule has 0 saturated carbocycles. The lowest BCUT2D eigenvalue weighted by molar-refractivity contribution is -0.144. The third-order valence-corrected chi connectivity index (χ3v) is 3.67. The lowest BCUT2D eigenvalue weighted by atomic mass is 10.1. The molecule has 20 heavy (non-hydrogen) atoms. The zero-order valence-corrected chi connectivity index (χ0v) is 13.5. The molecule has 0 aliphatic heterocycles. The molecule has 1 aromatic carbocycles. The second kappa shape index (κ2) is 6.41. The van der Waals surface area contributed by atoms with Crippen molar-refractivity contribution in [2.75, 3.05) is 7.11 Å². The Bertz CT molecular complexity index is 607. The van der Waals surface area contributed by atoms with Crippen LogP contribution >= 0.6 is 27.5 Å². The van der Waals surface area contributed by atoms with E-state index < -0.39 is 6.04 Å². The summed E-state index contributed by atoms with van der Waals surface area (Å²) in [7, 11) is 1.38. The first-order valence-corrected chi connectivity index (χ1v) is 7.23. The van der Waals surface area contributed by atoms with Gasteiger partial charge in [0.2, 0.25) is 0 Å². The summed E-state index contributed by atoms with van der Waals surface area (Å²) in [6.45, 7) is 1.78. The first-order chi connectivity index (χ1) is 9.51. The van der Waals surface area contributed by atoms with E-state index >= 15 is 0 Å². The molecule has 0 aliphatic carbocycles. The molecule has 0 fully saturated rings. The minimum Gasteiger partial charge on any atom is -0.467 e. The van der Waals surface area contributed by atoms with Gasteiger partial charge in [-0.3, -0.25) is 0 Å². The van der Waals surface area contributed by atoms with Crippen LogP contribution in [0.4, 0.5) is 0 Å². The van der Waals surface area contributed by atoms with Crippen LogP contribution in [0.3, 0.4) is 0 Å². The second-order valence-corrected chi connectivity index (χ2v) is 5.76. The molecule has 4 nitrogen and oxygen atoms in total. The number of rotatable bonds is 4. The van der Waals surface area contributed by atoms with Gasteiger partial charge in [0.15, 0.2) is 0 Å². The molecule has 0 N–H and O–H groups in total. The number of hydrogen-bond donors (Lipinski definition) is 0. The molecule has 0 spiro atoms. The maximum atomic E-state index is 11.6. The highest BCUT2D eigenvalue weighted by molar-refractivity contribution is 9.10. The number of aromatic nitrogens is 2. The van der Waals surface area contributed by atoms with Gasteiger partial charge < -0.3 is 9.30 Å². The molecule has 1 aromatic heterocycles. The second-order valence-electron chi connectivity index (χ2n) is 4.40. The van der Waals surface area contributed by atoms with E-state index in [0.717, 1.165) is 15.9 Å². The first kappa shape index (κ1) is 15.1. The van der Waals surface area contributed by atoms with Crippen LogP contribution in [-0.4, -0.2) is 22.6 Å². The van der Waals surface area contributed by atoms with Crippen molar-refractivity contribution in [3.63, 3.8) is 0 Å². The Balaban J connectivity index is 2.26. The Labute approximate surface area is 130 Å². The minimum atomic E-state index is -0.403. The third-order valence-electron chi connectivity index (χ3n) is 2.99. The van der Waals surface area contributed by atoms with E-state index in [1.165, 1.54) is 7.11 Å². The van der Waals surface area contributed by atoms with Crippen molar-refractivity contribution < 1.29 is 9.53 Å². The molecule has 1 heterocycles. The van der Waals surface area contributed by atoms with Crippen molar-refractivity contribution >= 4 is 33.5 Å². The van der Waals surface area contributed by atoms with Crippen molar-refractivity contribution in [3.05, 3.63) is 51.5 Å². The van der Waals surface area contributed by atoms with Gasteiger partial charge in [-0.2, -0.15) is 0 Å². The van der Waals surface area contributed by atoms with Crippen LogP contribution in [0.5, 0.6) is 0 Å².